The van der Waals surface area contributed by atoms with Gasteiger partial charge in [-0.1, -0.05) is 12.8 Å². The average Bonchev–Trinajstić information content (AvgIpc) is 2.39. The first kappa shape index (κ1) is 15.4. The summed E-state index contributed by atoms with van der Waals surface area (Å²) in [7, 11) is 0. The molecule has 1 N–H and O–H groups in total. The fourth-order valence-corrected chi connectivity index (χ4v) is 2.17. The van der Waals surface area contributed by atoms with Gasteiger partial charge in [-0.3, -0.25) is 0 Å². The third kappa shape index (κ3) is 5.65. The Balaban J connectivity index is 2.41. The predicted octanol–water partition coefficient (Wildman–Crippen LogP) is 4.08. The van der Waals surface area contributed by atoms with Gasteiger partial charge in [-0.05, 0) is 51.0 Å². The fraction of sp³-hybridized carbons (Fsp3) is 0.562. The number of anilines is 1. The molecule has 0 aliphatic heterocycles. The second-order valence-electron chi connectivity index (χ2n) is 5.13. The highest BCUT2D eigenvalue weighted by Gasteiger charge is 2.09. The zero-order chi connectivity index (χ0) is 14.1. The summed E-state index contributed by atoms with van der Waals surface area (Å²) < 4.78 is 0. The summed E-state index contributed by atoms with van der Waals surface area (Å²) >= 11 is 0. The Labute approximate surface area is 116 Å². The summed E-state index contributed by atoms with van der Waals surface area (Å²) in [5.74, 6) is 0.309. The predicted molar refractivity (Wildman–Crippen MR) is 79.3 cm³/mol. The molecule has 0 amide bonds. The van der Waals surface area contributed by atoms with Crippen LogP contribution in [0.2, 0.25) is 0 Å². The second kappa shape index (κ2) is 8.42. The van der Waals surface area contributed by atoms with E-state index in [0.717, 1.165) is 31.5 Å². The van der Waals surface area contributed by atoms with E-state index in [2.05, 4.69) is 24.8 Å². The number of hydrogen-bond donors (Lipinski definition) is 1. The molecular weight excluding hydrogens is 236 g/mol. The maximum Gasteiger partial charge on any atom is 0.115 e. The van der Waals surface area contributed by atoms with Crippen LogP contribution < -0.4 is 4.90 Å². The van der Waals surface area contributed by atoms with Crippen LogP contribution in [0.25, 0.3) is 0 Å². The lowest BCUT2D eigenvalue weighted by atomic mass is 10.1. The molecule has 1 aromatic carbocycles. The monoisotopic (exact) mass is 260 g/mol. The maximum atomic E-state index is 9.33. The first-order valence-corrected chi connectivity index (χ1v) is 7.07. The molecule has 1 aromatic rings. The Hall–Kier alpha value is -1.69. The largest absolute Gasteiger partial charge is 0.508 e. The van der Waals surface area contributed by atoms with Gasteiger partial charge in [-0.2, -0.15) is 5.26 Å². The van der Waals surface area contributed by atoms with Crippen LogP contribution in [0.1, 0.15) is 46.0 Å². The van der Waals surface area contributed by atoms with E-state index in [1.807, 2.05) is 12.1 Å². The zero-order valence-corrected chi connectivity index (χ0v) is 12.0. The lowest BCUT2D eigenvalue weighted by Crippen LogP contribution is -2.31. The molecule has 0 atom stereocenters. The summed E-state index contributed by atoms with van der Waals surface area (Å²) in [5.41, 5.74) is 1.16. The SMILES string of the molecule is CC(C)N(CCCCCCC#N)c1ccc(O)cc1. The maximum absolute atomic E-state index is 9.33. The van der Waals surface area contributed by atoms with Gasteiger partial charge in [0.1, 0.15) is 5.75 Å². The number of benzene rings is 1. The van der Waals surface area contributed by atoms with Crippen LogP contribution in [-0.4, -0.2) is 17.7 Å². The van der Waals surface area contributed by atoms with Gasteiger partial charge in [0.2, 0.25) is 0 Å². The Bertz CT molecular complexity index is 392. The summed E-state index contributed by atoms with van der Waals surface area (Å²) in [6, 6.07) is 10.0. The van der Waals surface area contributed by atoms with Gasteiger partial charge in [0.05, 0.1) is 6.07 Å². The number of nitriles is 1. The van der Waals surface area contributed by atoms with Gasteiger partial charge < -0.3 is 10.0 Å². The lowest BCUT2D eigenvalue weighted by Gasteiger charge is -2.29. The molecule has 0 spiro atoms. The van der Waals surface area contributed by atoms with Gasteiger partial charge >= 0.3 is 0 Å². The summed E-state index contributed by atoms with van der Waals surface area (Å²) in [6.45, 7) is 5.39. The first-order valence-electron chi connectivity index (χ1n) is 7.07. The first-order chi connectivity index (χ1) is 9.15. The quantitative estimate of drug-likeness (QED) is 0.716. The van der Waals surface area contributed by atoms with Crippen LogP contribution in [0.4, 0.5) is 5.69 Å². The standard InChI is InChI=1S/C16H24N2O/c1-14(2)18(13-7-5-3-4-6-12-17)15-8-10-16(19)11-9-15/h8-11,14,19H,3-7,13H2,1-2H3. The fourth-order valence-electron chi connectivity index (χ4n) is 2.17. The number of aromatic hydroxyl groups is 1. The molecule has 19 heavy (non-hydrogen) atoms. The van der Waals surface area contributed by atoms with Crippen molar-refractivity contribution in [3.05, 3.63) is 24.3 Å². The van der Waals surface area contributed by atoms with E-state index >= 15 is 0 Å². The topological polar surface area (TPSA) is 47.3 Å². The van der Waals surface area contributed by atoms with E-state index in [0.29, 0.717) is 18.2 Å². The molecule has 0 aliphatic carbocycles. The Morgan fingerprint density at radius 1 is 1.11 bits per heavy atom. The van der Waals surface area contributed by atoms with Gasteiger partial charge in [-0.25, -0.2) is 0 Å². The molecule has 1 rings (SSSR count). The molecule has 0 unspecified atom stereocenters. The Kier molecular flexibility index (Phi) is 6.81. The smallest absolute Gasteiger partial charge is 0.115 e. The van der Waals surface area contributed by atoms with Crippen LogP contribution in [0.5, 0.6) is 5.75 Å². The minimum atomic E-state index is 0.309. The zero-order valence-electron chi connectivity index (χ0n) is 12.0. The minimum absolute atomic E-state index is 0.309. The Morgan fingerprint density at radius 3 is 2.32 bits per heavy atom. The molecule has 0 aliphatic rings. The van der Waals surface area contributed by atoms with Crippen molar-refractivity contribution < 1.29 is 5.11 Å². The number of phenolic OH excluding ortho intramolecular Hbond substituents is 1. The third-order valence-corrected chi connectivity index (χ3v) is 3.24. The molecule has 0 bridgehead atoms. The van der Waals surface area contributed by atoms with Crippen molar-refractivity contribution in [1.29, 1.82) is 5.26 Å². The van der Waals surface area contributed by atoms with Crippen molar-refractivity contribution in [2.45, 2.75) is 52.0 Å². The summed E-state index contributed by atoms with van der Waals surface area (Å²) in [6.07, 6.45) is 5.13. The van der Waals surface area contributed by atoms with Crippen LogP contribution in [0.3, 0.4) is 0 Å². The van der Waals surface area contributed by atoms with Gasteiger partial charge in [-0.15, -0.1) is 0 Å². The van der Waals surface area contributed by atoms with Crippen LogP contribution in [-0.2, 0) is 0 Å². The van der Waals surface area contributed by atoms with Gasteiger partial charge in [0.15, 0.2) is 0 Å². The highest BCUT2D eigenvalue weighted by molar-refractivity contribution is 5.49. The molecule has 0 heterocycles. The third-order valence-electron chi connectivity index (χ3n) is 3.24. The second-order valence-corrected chi connectivity index (χ2v) is 5.13. The van der Waals surface area contributed by atoms with E-state index in [9.17, 15) is 5.11 Å². The number of nitrogens with zero attached hydrogens (tertiary/aromatic N) is 2. The number of hydrogen-bond acceptors (Lipinski definition) is 3. The molecule has 3 heteroatoms. The number of rotatable bonds is 8. The van der Waals surface area contributed by atoms with Crippen molar-refractivity contribution in [3.8, 4) is 11.8 Å². The summed E-state index contributed by atoms with van der Waals surface area (Å²) in [4.78, 5) is 2.35. The highest BCUT2D eigenvalue weighted by atomic mass is 16.3. The van der Waals surface area contributed by atoms with E-state index in [4.69, 9.17) is 5.26 Å². The molecule has 0 radical (unpaired) electrons. The van der Waals surface area contributed by atoms with Crippen molar-refractivity contribution in [2.24, 2.45) is 0 Å². The van der Waals surface area contributed by atoms with Crippen LogP contribution >= 0.6 is 0 Å². The number of unbranched alkanes of at least 4 members (excludes halogenated alkanes) is 4. The van der Waals surface area contributed by atoms with Crippen molar-refractivity contribution in [1.82, 2.24) is 0 Å². The normalized spacial score (nSPS) is 10.4. The van der Waals surface area contributed by atoms with Crippen molar-refractivity contribution in [2.75, 3.05) is 11.4 Å². The van der Waals surface area contributed by atoms with E-state index in [1.54, 1.807) is 12.1 Å². The Morgan fingerprint density at radius 2 is 1.74 bits per heavy atom. The molecule has 0 aromatic heterocycles. The molecular formula is C16H24N2O. The van der Waals surface area contributed by atoms with E-state index in [-0.39, 0.29) is 0 Å². The average molecular weight is 260 g/mol. The molecule has 104 valence electrons. The van der Waals surface area contributed by atoms with Crippen LogP contribution in [0, 0.1) is 11.3 Å². The minimum Gasteiger partial charge on any atom is -0.508 e. The summed E-state index contributed by atoms with van der Waals surface area (Å²) in [5, 5.41) is 17.8. The van der Waals surface area contributed by atoms with Crippen LogP contribution in [0.15, 0.2) is 24.3 Å². The van der Waals surface area contributed by atoms with E-state index < -0.39 is 0 Å². The van der Waals surface area contributed by atoms with Crippen molar-refractivity contribution >= 4 is 5.69 Å². The molecule has 0 saturated carbocycles. The molecule has 3 nitrogen and oxygen atoms in total. The molecule has 0 fully saturated rings. The number of phenols is 1. The molecule has 0 saturated heterocycles. The van der Waals surface area contributed by atoms with Crippen molar-refractivity contribution in [3.63, 3.8) is 0 Å². The lowest BCUT2D eigenvalue weighted by molar-refractivity contribution is 0.475. The highest BCUT2D eigenvalue weighted by Crippen LogP contribution is 2.21. The van der Waals surface area contributed by atoms with Gasteiger partial charge in [0.25, 0.3) is 0 Å². The van der Waals surface area contributed by atoms with E-state index in [1.165, 1.54) is 6.42 Å². The van der Waals surface area contributed by atoms with Gasteiger partial charge in [0, 0.05) is 24.7 Å².